The quantitative estimate of drug-likeness (QED) is 0.490. The molecule has 0 fully saturated rings. The van der Waals surface area contributed by atoms with Crippen LogP contribution in [0.25, 0.3) is 22.8 Å². The molecule has 9 nitrogen and oxygen atoms in total. The van der Waals surface area contributed by atoms with Gasteiger partial charge in [-0.15, -0.1) is 0 Å². The van der Waals surface area contributed by atoms with Gasteiger partial charge >= 0.3 is 0 Å². The Morgan fingerprint density at radius 2 is 1.72 bits per heavy atom. The molecule has 1 aromatic carbocycles. The largest absolute Gasteiger partial charge is 0.438 e. The second-order valence-electron chi connectivity index (χ2n) is 7.15. The Morgan fingerprint density at radius 3 is 2.41 bits per heavy atom. The predicted octanol–water partition coefficient (Wildman–Crippen LogP) is 3.47. The lowest BCUT2D eigenvalue weighted by molar-refractivity contribution is 0.0997. The third-order valence-electron chi connectivity index (χ3n) is 4.81. The summed E-state index contributed by atoms with van der Waals surface area (Å²) in [5.41, 5.74) is 3.34. The summed E-state index contributed by atoms with van der Waals surface area (Å²) in [6.45, 7) is 3.87. The molecule has 0 bridgehead atoms. The van der Waals surface area contributed by atoms with E-state index in [4.69, 9.17) is 4.42 Å². The van der Waals surface area contributed by atoms with Crippen molar-refractivity contribution in [2.75, 3.05) is 11.6 Å². The van der Waals surface area contributed by atoms with Crippen molar-refractivity contribution < 1.29 is 17.6 Å². The van der Waals surface area contributed by atoms with Crippen LogP contribution in [0.3, 0.4) is 0 Å². The summed E-state index contributed by atoms with van der Waals surface area (Å²) in [5.74, 6) is 0.0684. The van der Waals surface area contributed by atoms with Crippen LogP contribution in [0.4, 0.5) is 5.82 Å². The first-order chi connectivity index (χ1) is 15.2. The molecule has 3 aromatic heterocycles. The second kappa shape index (κ2) is 8.31. The van der Waals surface area contributed by atoms with Crippen molar-refractivity contribution in [3.8, 4) is 22.8 Å². The molecule has 162 valence electrons. The molecule has 0 aliphatic rings. The maximum atomic E-state index is 12.8. The van der Waals surface area contributed by atoms with Crippen LogP contribution in [0.1, 0.15) is 21.8 Å². The van der Waals surface area contributed by atoms with Gasteiger partial charge in [0.05, 0.1) is 4.90 Å². The Hall–Kier alpha value is -3.92. The van der Waals surface area contributed by atoms with E-state index in [0.717, 1.165) is 23.9 Å². The van der Waals surface area contributed by atoms with Crippen molar-refractivity contribution in [2.45, 2.75) is 18.7 Å². The minimum absolute atomic E-state index is 0.0263. The van der Waals surface area contributed by atoms with E-state index in [1.165, 1.54) is 18.3 Å². The molecule has 0 aliphatic heterocycles. The Labute approximate surface area is 184 Å². The van der Waals surface area contributed by atoms with Crippen LogP contribution in [0.2, 0.25) is 0 Å². The number of carbonyl (C=O) groups is 1. The Balaban J connectivity index is 1.58. The van der Waals surface area contributed by atoms with Gasteiger partial charge in [0.2, 0.25) is 5.76 Å². The highest BCUT2D eigenvalue weighted by Gasteiger charge is 2.20. The van der Waals surface area contributed by atoms with E-state index in [1.807, 2.05) is 26.0 Å². The maximum absolute atomic E-state index is 12.8. The number of nitrogens with zero attached hydrogens (tertiary/aromatic N) is 4. The predicted molar refractivity (Wildman–Crippen MR) is 118 cm³/mol. The van der Waals surface area contributed by atoms with E-state index in [-0.39, 0.29) is 22.2 Å². The summed E-state index contributed by atoms with van der Waals surface area (Å²) >= 11 is 0. The topological polar surface area (TPSA) is 128 Å². The molecule has 3 heterocycles. The first-order valence-electron chi connectivity index (χ1n) is 9.55. The summed E-state index contributed by atoms with van der Waals surface area (Å²) < 4.78 is 28.6. The minimum atomic E-state index is -3.33. The summed E-state index contributed by atoms with van der Waals surface area (Å²) in [7, 11) is -3.33. The van der Waals surface area contributed by atoms with Gasteiger partial charge in [0.1, 0.15) is 17.2 Å². The van der Waals surface area contributed by atoms with Gasteiger partial charge in [-0.05, 0) is 43.7 Å². The van der Waals surface area contributed by atoms with E-state index in [1.54, 1.807) is 18.2 Å². The fourth-order valence-electron chi connectivity index (χ4n) is 2.95. The van der Waals surface area contributed by atoms with Gasteiger partial charge < -0.3 is 9.73 Å². The molecule has 0 atom stereocenters. The molecule has 0 saturated carbocycles. The van der Waals surface area contributed by atoms with Gasteiger partial charge in [0.25, 0.3) is 5.91 Å². The smallest absolute Gasteiger partial charge is 0.294 e. The zero-order valence-electron chi connectivity index (χ0n) is 17.5. The SMILES string of the molecule is Cc1ccc(-c2nccc(NC(=O)c3ocnc3-c3ccc(S(C)(=O)=O)cc3)n2)nc1C. The van der Waals surface area contributed by atoms with Crippen molar-refractivity contribution in [2.24, 2.45) is 0 Å². The lowest BCUT2D eigenvalue weighted by Crippen LogP contribution is -2.14. The Kier molecular flexibility index (Phi) is 5.54. The van der Waals surface area contributed by atoms with E-state index in [9.17, 15) is 13.2 Å². The molecule has 32 heavy (non-hydrogen) atoms. The van der Waals surface area contributed by atoms with E-state index in [0.29, 0.717) is 17.1 Å². The summed E-state index contributed by atoms with van der Waals surface area (Å²) in [4.78, 5) is 30.2. The van der Waals surface area contributed by atoms with Crippen molar-refractivity contribution >= 4 is 21.6 Å². The molecule has 0 spiro atoms. The first-order valence-corrected chi connectivity index (χ1v) is 11.4. The molecular formula is C22H19N5O4S. The lowest BCUT2D eigenvalue weighted by atomic mass is 10.1. The molecule has 4 aromatic rings. The van der Waals surface area contributed by atoms with Crippen LogP contribution in [0.15, 0.2) is 64.4 Å². The number of benzene rings is 1. The van der Waals surface area contributed by atoms with Gasteiger partial charge in [-0.3, -0.25) is 4.79 Å². The molecule has 10 heteroatoms. The monoisotopic (exact) mass is 449 g/mol. The second-order valence-corrected chi connectivity index (χ2v) is 9.16. The first kappa shape index (κ1) is 21.3. The number of hydrogen-bond acceptors (Lipinski definition) is 8. The number of aromatic nitrogens is 4. The molecule has 1 N–H and O–H groups in total. The van der Waals surface area contributed by atoms with Gasteiger partial charge in [-0.2, -0.15) is 0 Å². The third kappa shape index (κ3) is 4.40. The van der Waals surface area contributed by atoms with Crippen LogP contribution in [0.5, 0.6) is 0 Å². The zero-order chi connectivity index (χ0) is 22.9. The number of sulfone groups is 1. The Morgan fingerprint density at radius 1 is 0.969 bits per heavy atom. The van der Waals surface area contributed by atoms with Gasteiger partial charge in [-0.1, -0.05) is 18.2 Å². The highest BCUT2D eigenvalue weighted by atomic mass is 32.2. The fourth-order valence-corrected chi connectivity index (χ4v) is 3.58. The number of aryl methyl sites for hydroxylation is 2. The molecule has 4 rings (SSSR count). The van der Waals surface area contributed by atoms with Crippen LogP contribution in [-0.4, -0.2) is 40.5 Å². The molecular weight excluding hydrogens is 430 g/mol. The molecule has 0 saturated heterocycles. The molecule has 0 aliphatic carbocycles. The van der Waals surface area contributed by atoms with E-state index < -0.39 is 15.7 Å². The number of hydrogen-bond donors (Lipinski definition) is 1. The zero-order valence-corrected chi connectivity index (χ0v) is 18.3. The van der Waals surface area contributed by atoms with Gasteiger partial charge in [0, 0.05) is 23.7 Å². The average Bonchev–Trinajstić information content (AvgIpc) is 3.25. The number of amides is 1. The van der Waals surface area contributed by atoms with Crippen LogP contribution < -0.4 is 5.32 Å². The van der Waals surface area contributed by atoms with Crippen LogP contribution in [-0.2, 0) is 9.84 Å². The van der Waals surface area contributed by atoms with Crippen molar-refractivity contribution in [1.82, 2.24) is 19.9 Å². The molecule has 0 radical (unpaired) electrons. The highest BCUT2D eigenvalue weighted by Crippen LogP contribution is 2.25. The van der Waals surface area contributed by atoms with Crippen molar-refractivity contribution in [3.63, 3.8) is 0 Å². The van der Waals surface area contributed by atoms with E-state index >= 15 is 0 Å². The summed E-state index contributed by atoms with van der Waals surface area (Å²) in [6, 6.07) is 11.3. The average molecular weight is 449 g/mol. The number of anilines is 1. The summed E-state index contributed by atoms with van der Waals surface area (Å²) in [6.07, 6.45) is 3.81. The number of pyridine rings is 1. The number of rotatable bonds is 5. The number of nitrogens with one attached hydrogen (secondary N) is 1. The van der Waals surface area contributed by atoms with E-state index in [2.05, 4.69) is 25.3 Å². The van der Waals surface area contributed by atoms with Crippen molar-refractivity contribution in [1.29, 1.82) is 0 Å². The van der Waals surface area contributed by atoms with Gasteiger partial charge in [0.15, 0.2) is 22.1 Å². The highest BCUT2D eigenvalue weighted by molar-refractivity contribution is 7.90. The number of carbonyl (C=O) groups excluding carboxylic acids is 1. The van der Waals surface area contributed by atoms with Crippen molar-refractivity contribution in [3.05, 3.63) is 72.1 Å². The molecule has 1 amide bonds. The van der Waals surface area contributed by atoms with Gasteiger partial charge in [-0.25, -0.2) is 28.4 Å². The lowest BCUT2D eigenvalue weighted by Gasteiger charge is -2.07. The van der Waals surface area contributed by atoms with Crippen LogP contribution in [0, 0.1) is 13.8 Å². The normalized spacial score (nSPS) is 11.3. The third-order valence-corrected chi connectivity index (χ3v) is 5.93. The number of oxazole rings is 1. The fraction of sp³-hybridized carbons (Fsp3) is 0.136. The van der Waals surface area contributed by atoms with Crippen LogP contribution >= 0.6 is 0 Å². The summed E-state index contributed by atoms with van der Waals surface area (Å²) in [5, 5.41) is 2.68. The Bertz CT molecular complexity index is 1410. The maximum Gasteiger partial charge on any atom is 0.294 e. The molecule has 0 unspecified atom stereocenters. The minimum Gasteiger partial charge on any atom is -0.438 e. The standard InChI is InChI=1S/C22H19N5O4S/c1-13-4-9-17(25-14(13)2)21-23-11-10-18(26-21)27-22(28)20-19(24-12-31-20)15-5-7-16(8-6-15)32(3,29)30/h4-12H,1-3H3,(H,23,26,27,28).